The molecule has 2 aromatic rings. The number of nitrogens with two attached hydrogens (primary N) is 1. The van der Waals surface area contributed by atoms with Gasteiger partial charge < -0.3 is 0 Å². The molecule has 1 heterocycles. The van der Waals surface area contributed by atoms with Crippen LogP contribution in [0.15, 0.2) is 27.8 Å². The third-order valence-electron chi connectivity index (χ3n) is 3.28. The second kappa shape index (κ2) is 8.59. The molecule has 0 fully saturated rings. The van der Waals surface area contributed by atoms with Gasteiger partial charge in [0.1, 0.15) is 11.5 Å². The van der Waals surface area contributed by atoms with Crippen molar-refractivity contribution in [1.82, 2.24) is 20.5 Å². The molecule has 0 amide bonds. The number of hydroxylamine groups is 1. The molecule has 28 heavy (non-hydrogen) atoms. The van der Waals surface area contributed by atoms with Crippen LogP contribution in [0.2, 0.25) is 0 Å². The lowest BCUT2D eigenvalue weighted by Crippen LogP contribution is -2.31. The summed E-state index contributed by atoms with van der Waals surface area (Å²) in [7, 11) is -3.86. The summed E-state index contributed by atoms with van der Waals surface area (Å²) < 4.78 is 79.9. The van der Waals surface area contributed by atoms with Gasteiger partial charge in [0, 0.05) is 6.54 Å². The molecular formula is C13H14F4N6O4S. The Hall–Kier alpha value is -2.62. The zero-order valence-corrected chi connectivity index (χ0v) is 14.7. The topological polar surface area (TPSA) is 156 Å². The van der Waals surface area contributed by atoms with Crippen LogP contribution in [0.25, 0.3) is 0 Å². The van der Waals surface area contributed by atoms with Crippen LogP contribution in [0.4, 0.5) is 23.2 Å². The van der Waals surface area contributed by atoms with Crippen molar-refractivity contribution in [2.24, 2.45) is 10.1 Å². The van der Waals surface area contributed by atoms with Gasteiger partial charge in [0.2, 0.25) is 0 Å². The predicted octanol–water partition coefficient (Wildman–Crippen LogP) is 1.01. The standard InChI is InChI=1S/C13H14F4N6O4S/c14-9-4-3-7(6-8(9)13(15,16)17)20-12(21-24)11-10(22-27-23-11)2-1-5-19-28(18,25)26/h3-4,6,19,24H,1-2,5H2,(H,20,21)(H2,18,25,26). The first-order chi connectivity index (χ1) is 13.0. The Kier molecular flexibility index (Phi) is 6.65. The van der Waals surface area contributed by atoms with Crippen molar-refractivity contribution in [3.05, 3.63) is 41.0 Å². The minimum atomic E-state index is -4.93. The fourth-order valence-corrected chi connectivity index (χ4v) is 2.51. The number of alkyl halides is 3. The molecule has 1 aromatic carbocycles. The summed E-state index contributed by atoms with van der Waals surface area (Å²) in [5.41, 5.74) is -0.186. The van der Waals surface area contributed by atoms with E-state index in [9.17, 15) is 31.2 Å². The van der Waals surface area contributed by atoms with Crippen molar-refractivity contribution >= 4 is 21.7 Å². The van der Waals surface area contributed by atoms with Crippen molar-refractivity contribution < 1.29 is 35.8 Å². The molecule has 0 bridgehead atoms. The van der Waals surface area contributed by atoms with Gasteiger partial charge in [0.05, 0.1) is 11.3 Å². The van der Waals surface area contributed by atoms with Crippen LogP contribution >= 0.6 is 0 Å². The van der Waals surface area contributed by atoms with E-state index in [2.05, 4.69) is 19.9 Å². The van der Waals surface area contributed by atoms with E-state index in [-0.39, 0.29) is 36.5 Å². The maximum Gasteiger partial charge on any atom is 0.419 e. The normalized spacial score (nSPS) is 13.0. The fourth-order valence-electron chi connectivity index (χ4n) is 2.08. The molecule has 0 radical (unpaired) electrons. The SMILES string of the molecule is NS(=O)(=O)NCCCc1nonc1C(=Nc1ccc(F)c(C(F)(F)F)c1)NO. The zero-order chi connectivity index (χ0) is 20.9. The maximum atomic E-state index is 13.4. The highest BCUT2D eigenvalue weighted by Crippen LogP contribution is 2.33. The molecule has 0 aliphatic heterocycles. The number of halogens is 4. The average molecular weight is 426 g/mol. The molecular weight excluding hydrogens is 412 g/mol. The summed E-state index contributed by atoms with van der Waals surface area (Å²) in [6.07, 6.45) is -4.61. The lowest BCUT2D eigenvalue weighted by atomic mass is 10.1. The largest absolute Gasteiger partial charge is 0.419 e. The van der Waals surface area contributed by atoms with Crippen molar-refractivity contribution in [3.8, 4) is 0 Å². The van der Waals surface area contributed by atoms with Crippen molar-refractivity contribution in [2.45, 2.75) is 19.0 Å². The number of aromatic nitrogens is 2. The third kappa shape index (κ3) is 5.95. The molecule has 0 atom stereocenters. The number of benzene rings is 1. The summed E-state index contributed by atoms with van der Waals surface area (Å²) in [5.74, 6) is -1.88. The summed E-state index contributed by atoms with van der Waals surface area (Å²) in [6.45, 7) is -0.0307. The monoisotopic (exact) mass is 426 g/mol. The Morgan fingerprint density at radius 1 is 1.32 bits per heavy atom. The van der Waals surface area contributed by atoms with Gasteiger partial charge in [-0.1, -0.05) is 5.16 Å². The second-order valence-corrected chi connectivity index (χ2v) is 6.72. The van der Waals surface area contributed by atoms with Crippen LogP contribution in [-0.4, -0.2) is 36.3 Å². The highest BCUT2D eigenvalue weighted by atomic mass is 32.2. The maximum absolute atomic E-state index is 13.4. The highest BCUT2D eigenvalue weighted by molar-refractivity contribution is 7.87. The van der Waals surface area contributed by atoms with Crippen molar-refractivity contribution in [1.29, 1.82) is 0 Å². The number of aliphatic imine (C=N–C) groups is 1. The Bertz CT molecular complexity index is 960. The number of nitrogens with zero attached hydrogens (tertiary/aromatic N) is 3. The number of rotatable bonds is 7. The number of hydrogen-bond acceptors (Lipinski definition) is 7. The Labute approximate surface area is 155 Å². The van der Waals surface area contributed by atoms with E-state index in [1.807, 2.05) is 4.72 Å². The molecule has 10 nitrogen and oxygen atoms in total. The van der Waals surface area contributed by atoms with Gasteiger partial charge in [0.15, 0.2) is 11.5 Å². The van der Waals surface area contributed by atoms with Crippen LogP contribution in [-0.2, 0) is 22.8 Å². The minimum Gasteiger partial charge on any atom is -0.290 e. The number of nitrogens with one attached hydrogen (secondary N) is 2. The van der Waals surface area contributed by atoms with E-state index in [4.69, 9.17) is 5.14 Å². The van der Waals surface area contributed by atoms with Gasteiger partial charge in [-0.15, -0.1) is 0 Å². The lowest BCUT2D eigenvalue weighted by molar-refractivity contribution is -0.139. The Morgan fingerprint density at radius 2 is 2.04 bits per heavy atom. The molecule has 0 aliphatic carbocycles. The first-order valence-corrected chi connectivity index (χ1v) is 9.00. The fraction of sp³-hybridized carbons (Fsp3) is 0.308. The average Bonchev–Trinajstić information content (AvgIpc) is 3.04. The van der Waals surface area contributed by atoms with E-state index in [0.29, 0.717) is 12.1 Å². The lowest BCUT2D eigenvalue weighted by Gasteiger charge is -2.09. The first kappa shape index (κ1) is 21.7. The van der Waals surface area contributed by atoms with Crippen LogP contribution in [0.3, 0.4) is 0 Å². The van der Waals surface area contributed by atoms with Gasteiger partial charge in [0.25, 0.3) is 10.2 Å². The molecule has 0 unspecified atom stereocenters. The van der Waals surface area contributed by atoms with Crippen LogP contribution in [0, 0.1) is 5.82 Å². The molecule has 0 spiro atoms. The Morgan fingerprint density at radius 3 is 2.64 bits per heavy atom. The second-order valence-electron chi connectivity index (χ2n) is 5.34. The summed E-state index contributed by atoms with van der Waals surface area (Å²) in [6, 6.07) is 2.00. The molecule has 15 heteroatoms. The van der Waals surface area contributed by atoms with Gasteiger partial charge >= 0.3 is 6.18 Å². The number of amidine groups is 1. The van der Waals surface area contributed by atoms with Crippen LogP contribution in [0.5, 0.6) is 0 Å². The quantitative estimate of drug-likeness (QED) is 0.169. The smallest absolute Gasteiger partial charge is 0.290 e. The number of hydrogen-bond donors (Lipinski definition) is 4. The molecule has 0 aliphatic rings. The summed E-state index contributed by atoms with van der Waals surface area (Å²) in [4.78, 5) is 3.76. The molecule has 1 aromatic heterocycles. The van der Waals surface area contributed by atoms with Gasteiger partial charge in [-0.05, 0) is 36.2 Å². The third-order valence-corrected chi connectivity index (χ3v) is 3.88. The number of aryl methyl sites for hydroxylation is 1. The highest BCUT2D eigenvalue weighted by Gasteiger charge is 2.34. The zero-order valence-electron chi connectivity index (χ0n) is 13.9. The van der Waals surface area contributed by atoms with Gasteiger partial charge in [-0.2, -0.15) is 21.6 Å². The first-order valence-electron chi connectivity index (χ1n) is 7.46. The Balaban J connectivity index is 2.24. The van der Waals surface area contributed by atoms with E-state index in [1.165, 1.54) is 0 Å². The van der Waals surface area contributed by atoms with Crippen molar-refractivity contribution in [2.75, 3.05) is 6.54 Å². The summed E-state index contributed by atoms with van der Waals surface area (Å²) in [5, 5.41) is 21.1. The van der Waals surface area contributed by atoms with E-state index in [1.54, 1.807) is 5.48 Å². The molecule has 0 saturated carbocycles. The van der Waals surface area contributed by atoms with Gasteiger partial charge in [-0.3, -0.25) is 10.7 Å². The minimum absolute atomic E-state index is 0.0307. The predicted molar refractivity (Wildman–Crippen MR) is 86.3 cm³/mol. The van der Waals surface area contributed by atoms with E-state index >= 15 is 0 Å². The van der Waals surface area contributed by atoms with Crippen LogP contribution < -0.4 is 15.3 Å². The van der Waals surface area contributed by atoms with E-state index < -0.39 is 33.6 Å². The molecule has 5 N–H and O–H groups in total. The molecule has 154 valence electrons. The molecule has 2 rings (SSSR count). The van der Waals surface area contributed by atoms with Crippen LogP contribution in [0.1, 0.15) is 23.4 Å². The van der Waals surface area contributed by atoms with E-state index in [0.717, 1.165) is 6.07 Å². The van der Waals surface area contributed by atoms with Crippen molar-refractivity contribution in [3.63, 3.8) is 0 Å². The summed E-state index contributed by atoms with van der Waals surface area (Å²) >= 11 is 0. The van der Waals surface area contributed by atoms with Gasteiger partial charge in [-0.25, -0.2) is 23.9 Å². The molecule has 0 saturated heterocycles.